The van der Waals surface area contributed by atoms with Gasteiger partial charge in [0.05, 0.1) is 12.1 Å². The maximum absolute atomic E-state index is 13.2. The lowest BCUT2D eigenvalue weighted by Crippen LogP contribution is -2.44. The van der Waals surface area contributed by atoms with Crippen molar-refractivity contribution in [2.75, 3.05) is 12.5 Å². The van der Waals surface area contributed by atoms with Gasteiger partial charge in [0.2, 0.25) is 6.79 Å². The second-order valence-electron chi connectivity index (χ2n) is 8.43. The molecule has 1 aromatic heterocycles. The summed E-state index contributed by atoms with van der Waals surface area (Å²) in [5.41, 5.74) is 11.7. The molecule has 4 aromatic rings. The summed E-state index contributed by atoms with van der Waals surface area (Å²) in [6.07, 6.45) is 4.11. The standard InChI is InChI=1S/C27H23N3O3/c28-18-9-5-16(6-10-18)7-11-23(31)22-14-20-19-3-1-2-4-21(19)29-27(20)26(30-22)17-8-12-24-25(13-17)33-15-32-24/h1-13,22,26,29-30H,14-15,28H2. The number of nitrogen functional groups attached to an aromatic ring is 1. The average molecular weight is 437 g/mol. The Hall–Kier alpha value is -4.03. The molecule has 0 aliphatic carbocycles. The minimum Gasteiger partial charge on any atom is -0.454 e. The summed E-state index contributed by atoms with van der Waals surface area (Å²) in [7, 11) is 0. The summed E-state index contributed by atoms with van der Waals surface area (Å²) in [6.45, 7) is 0.228. The summed E-state index contributed by atoms with van der Waals surface area (Å²) in [6, 6.07) is 21.1. The van der Waals surface area contributed by atoms with Gasteiger partial charge in [-0.25, -0.2) is 0 Å². The SMILES string of the molecule is Nc1ccc(C=CC(=O)C2Cc3c([nH]c4ccccc34)C(c3ccc4c(c3)OCO4)N2)cc1. The van der Waals surface area contributed by atoms with Gasteiger partial charge in [0.25, 0.3) is 0 Å². The number of ether oxygens (including phenoxy) is 2. The summed E-state index contributed by atoms with van der Waals surface area (Å²) in [5.74, 6) is 1.50. The molecule has 6 rings (SSSR count). The number of para-hydroxylation sites is 1. The zero-order valence-corrected chi connectivity index (χ0v) is 17.9. The monoisotopic (exact) mass is 437 g/mol. The van der Waals surface area contributed by atoms with Crippen LogP contribution in [0.15, 0.2) is 72.8 Å². The number of ketones is 1. The Morgan fingerprint density at radius 2 is 1.82 bits per heavy atom. The number of aromatic nitrogens is 1. The highest BCUT2D eigenvalue weighted by Gasteiger charge is 2.33. The van der Waals surface area contributed by atoms with Crippen LogP contribution in [-0.4, -0.2) is 23.6 Å². The fourth-order valence-corrected chi connectivity index (χ4v) is 4.67. The summed E-state index contributed by atoms with van der Waals surface area (Å²) < 4.78 is 11.1. The lowest BCUT2D eigenvalue weighted by atomic mass is 9.88. The van der Waals surface area contributed by atoms with E-state index < -0.39 is 0 Å². The predicted octanol–water partition coefficient (Wildman–Crippen LogP) is 4.37. The lowest BCUT2D eigenvalue weighted by molar-refractivity contribution is -0.116. The van der Waals surface area contributed by atoms with Crippen LogP contribution in [-0.2, 0) is 11.2 Å². The molecule has 0 radical (unpaired) electrons. The van der Waals surface area contributed by atoms with Crippen molar-refractivity contribution in [2.24, 2.45) is 0 Å². The first-order chi connectivity index (χ1) is 16.2. The van der Waals surface area contributed by atoms with E-state index in [-0.39, 0.29) is 24.7 Å². The van der Waals surface area contributed by atoms with Crippen LogP contribution >= 0.6 is 0 Å². The average Bonchev–Trinajstić information content (AvgIpc) is 3.47. The Morgan fingerprint density at radius 1 is 1.00 bits per heavy atom. The van der Waals surface area contributed by atoms with Crippen molar-refractivity contribution in [3.63, 3.8) is 0 Å². The topological polar surface area (TPSA) is 89.4 Å². The van der Waals surface area contributed by atoms with Gasteiger partial charge in [-0.3, -0.25) is 10.1 Å². The van der Waals surface area contributed by atoms with E-state index in [0.29, 0.717) is 12.1 Å². The summed E-state index contributed by atoms with van der Waals surface area (Å²) in [4.78, 5) is 16.8. The molecule has 4 N–H and O–H groups in total. The first-order valence-electron chi connectivity index (χ1n) is 11.0. The van der Waals surface area contributed by atoms with Gasteiger partial charge in [0.1, 0.15) is 0 Å². The molecule has 164 valence electrons. The number of hydrogen-bond donors (Lipinski definition) is 3. The quantitative estimate of drug-likeness (QED) is 0.326. The number of H-pyrrole nitrogens is 1. The molecule has 0 bridgehead atoms. The van der Waals surface area contributed by atoms with Crippen molar-refractivity contribution in [1.29, 1.82) is 0 Å². The fourth-order valence-electron chi connectivity index (χ4n) is 4.67. The minimum absolute atomic E-state index is 0.0356. The Morgan fingerprint density at radius 3 is 2.70 bits per heavy atom. The van der Waals surface area contributed by atoms with Gasteiger partial charge >= 0.3 is 0 Å². The van der Waals surface area contributed by atoms with E-state index in [1.165, 1.54) is 5.56 Å². The van der Waals surface area contributed by atoms with Crippen molar-refractivity contribution in [1.82, 2.24) is 10.3 Å². The number of carbonyl (C=O) groups excluding carboxylic acids is 1. The molecular formula is C27H23N3O3. The maximum Gasteiger partial charge on any atom is 0.231 e. The fraction of sp³-hybridized carbons (Fsp3) is 0.148. The molecule has 0 fully saturated rings. The zero-order chi connectivity index (χ0) is 22.4. The van der Waals surface area contributed by atoms with Crippen LogP contribution in [0.4, 0.5) is 5.69 Å². The molecule has 33 heavy (non-hydrogen) atoms. The molecule has 0 amide bonds. The minimum atomic E-state index is -0.350. The Kier molecular flexibility index (Phi) is 4.66. The number of anilines is 1. The number of aromatic amines is 1. The molecule has 6 heteroatoms. The molecule has 6 nitrogen and oxygen atoms in total. The van der Waals surface area contributed by atoms with E-state index in [1.807, 2.05) is 60.7 Å². The number of carbonyl (C=O) groups is 1. The molecule has 3 heterocycles. The first kappa shape index (κ1) is 19.6. The largest absolute Gasteiger partial charge is 0.454 e. The van der Waals surface area contributed by atoms with Crippen molar-refractivity contribution in [2.45, 2.75) is 18.5 Å². The number of nitrogens with one attached hydrogen (secondary N) is 2. The van der Waals surface area contributed by atoms with Crippen LogP contribution in [0.1, 0.15) is 28.4 Å². The highest BCUT2D eigenvalue weighted by Crippen LogP contribution is 2.39. The van der Waals surface area contributed by atoms with Crippen molar-refractivity contribution in [3.05, 3.63) is 95.2 Å². The van der Waals surface area contributed by atoms with Gasteiger partial charge in [0, 0.05) is 22.3 Å². The molecule has 0 saturated carbocycles. The van der Waals surface area contributed by atoms with Gasteiger partial charge in [-0.1, -0.05) is 42.5 Å². The third-order valence-electron chi connectivity index (χ3n) is 6.36. The highest BCUT2D eigenvalue weighted by molar-refractivity contribution is 5.99. The zero-order valence-electron chi connectivity index (χ0n) is 17.9. The van der Waals surface area contributed by atoms with Crippen LogP contribution in [0.5, 0.6) is 11.5 Å². The predicted molar refractivity (Wildman–Crippen MR) is 128 cm³/mol. The van der Waals surface area contributed by atoms with Gasteiger partial charge in [-0.05, 0) is 59.5 Å². The third kappa shape index (κ3) is 3.54. The third-order valence-corrected chi connectivity index (χ3v) is 6.36. The van der Waals surface area contributed by atoms with Crippen molar-refractivity contribution >= 4 is 28.4 Å². The second kappa shape index (κ2) is 7.83. The number of nitrogens with two attached hydrogens (primary N) is 1. The van der Waals surface area contributed by atoms with Gasteiger partial charge in [-0.15, -0.1) is 0 Å². The van der Waals surface area contributed by atoms with Gasteiger partial charge in [-0.2, -0.15) is 0 Å². The molecule has 2 unspecified atom stereocenters. The number of hydrogen-bond acceptors (Lipinski definition) is 5. The molecule has 2 aliphatic heterocycles. The highest BCUT2D eigenvalue weighted by atomic mass is 16.7. The molecular weight excluding hydrogens is 414 g/mol. The molecule has 2 atom stereocenters. The van der Waals surface area contributed by atoms with E-state index in [0.717, 1.165) is 39.2 Å². The summed E-state index contributed by atoms with van der Waals surface area (Å²) >= 11 is 0. The normalized spacial score (nSPS) is 19.2. The van der Waals surface area contributed by atoms with Crippen LogP contribution < -0.4 is 20.5 Å². The van der Waals surface area contributed by atoms with E-state index >= 15 is 0 Å². The van der Waals surface area contributed by atoms with Crippen LogP contribution in [0, 0.1) is 0 Å². The second-order valence-corrected chi connectivity index (χ2v) is 8.43. The Bertz CT molecular complexity index is 1390. The molecule has 0 spiro atoms. The number of rotatable bonds is 4. The van der Waals surface area contributed by atoms with Crippen LogP contribution in [0.25, 0.3) is 17.0 Å². The van der Waals surface area contributed by atoms with Gasteiger partial charge in [0.15, 0.2) is 17.3 Å². The van der Waals surface area contributed by atoms with E-state index in [9.17, 15) is 4.79 Å². The Labute approximate surface area is 191 Å². The molecule has 2 aliphatic rings. The van der Waals surface area contributed by atoms with Gasteiger partial charge < -0.3 is 20.2 Å². The van der Waals surface area contributed by atoms with Crippen LogP contribution in [0.2, 0.25) is 0 Å². The van der Waals surface area contributed by atoms with E-state index in [1.54, 1.807) is 6.08 Å². The number of fused-ring (bicyclic) bond motifs is 4. The lowest BCUT2D eigenvalue weighted by Gasteiger charge is -2.30. The smallest absolute Gasteiger partial charge is 0.231 e. The van der Waals surface area contributed by atoms with E-state index in [4.69, 9.17) is 15.2 Å². The molecule has 3 aromatic carbocycles. The summed E-state index contributed by atoms with van der Waals surface area (Å²) in [5, 5.41) is 4.73. The van der Waals surface area contributed by atoms with Crippen LogP contribution in [0.3, 0.4) is 0 Å². The Balaban J connectivity index is 1.37. The first-order valence-corrected chi connectivity index (χ1v) is 11.0. The molecule has 0 saturated heterocycles. The maximum atomic E-state index is 13.2. The van der Waals surface area contributed by atoms with E-state index in [2.05, 4.69) is 22.4 Å². The van der Waals surface area contributed by atoms with Crippen molar-refractivity contribution < 1.29 is 14.3 Å². The van der Waals surface area contributed by atoms with Crippen molar-refractivity contribution in [3.8, 4) is 11.5 Å². The number of benzene rings is 3.